The summed E-state index contributed by atoms with van der Waals surface area (Å²) in [5.41, 5.74) is 2.57. The van der Waals surface area contributed by atoms with Gasteiger partial charge >= 0.3 is 0 Å². The summed E-state index contributed by atoms with van der Waals surface area (Å²) in [6, 6.07) is 5.75. The number of benzene rings is 1. The lowest BCUT2D eigenvalue weighted by molar-refractivity contribution is -0.122. The largest absolute Gasteiger partial charge is 0.381 e. The van der Waals surface area contributed by atoms with Crippen LogP contribution in [0.2, 0.25) is 0 Å². The van der Waals surface area contributed by atoms with Crippen molar-refractivity contribution in [2.75, 3.05) is 32.8 Å². The highest BCUT2D eigenvalue weighted by molar-refractivity contribution is 5.97. The second-order valence-corrected chi connectivity index (χ2v) is 8.56. The summed E-state index contributed by atoms with van der Waals surface area (Å²) in [5, 5.41) is 3.09. The maximum Gasteiger partial charge on any atom is 0.253 e. The maximum atomic E-state index is 13.1. The number of fused-ring (bicyclic) bond motifs is 1. The molecule has 1 aromatic carbocycles. The quantitative estimate of drug-likeness (QED) is 0.792. The standard InChI is InChI=1S/C23H32N4O3/c1-2-26-16-25-20-13-19(5-6-21(20)26)23(29)27-9-3-4-18(15-27)12-22(28)24-14-17-7-10-30-11-8-17/h5-6,13,16-18H,2-4,7-12,14-15H2,1H3,(H,24,28). The fourth-order valence-corrected chi connectivity index (χ4v) is 4.59. The predicted octanol–water partition coefficient (Wildman–Crippen LogP) is 2.84. The van der Waals surface area contributed by atoms with Gasteiger partial charge < -0.3 is 19.5 Å². The molecule has 0 radical (unpaired) electrons. The molecule has 1 atom stereocenters. The van der Waals surface area contributed by atoms with Gasteiger partial charge in [-0.15, -0.1) is 0 Å². The fraction of sp³-hybridized carbons (Fsp3) is 0.609. The molecule has 1 aromatic heterocycles. The first-order valence-electron chi connectivity index (χ1n) is 11.2. The van der Waals surface area contributed by atoms with E-state index in [0.717, 1.165) is 69.6 Å². The number of rotatable bonds is 6. The topological polar surface area (TPSA) is 76.5 Å². The summed E-state index contributed by atoms with van der Waals surface area (Å²) in [5.74, 6) is 0.890. The molecule has 7 heteroatoms. The van der Waals surface area contributed by atoms with Crippen LogP contribution in [0.25, 0.3) is 11.0 Å². The van der Waals surface area contributed by atoms with Crippen LogP contribution in [-0.4, -0.2) is 59.1 Å². The van der Waals surface area contributed by atoms with Crippen LogP contribution >= 0.6 is 0 Å². The third kappa shape index (κ3) is 4.83. The molecule has 0 aliphatic carbocycles. The molecule has 2 fully saturated rings. The van der Waals surface area contributed by atoms with Gasteiger partial charge in [0, 0.05) is 51.4 Å². The minimum Gasteiger partial charge on any atom is -0.381 e. The highest BCUT2D eigenvalue weighted by atomic mass is 16.5. The number of imidazole rings is 1. The highest BCUT2D eigenvalue weighted by Gasteiger charge is 2.26. The summed E-state index contributed by atoms with van der Waals surface area (Å²) in [6.45, 7) is 6.66. The van der Waals surface area contributed by atoms with Gasteiger partial charge in [0.2, 0.25) is 5.91 Å². The van der Waals surface area contributed by atoms with Crippen LogP contribution in [0.5, 0.6) is 0 Å². The van der Waals surface area contributed by atoms with E-state index in [1.54, 1.807) is 0 Å². The van der Waals surface area contributed by atoms with Gasteiger partial charge in [-0.3, -0.25) is 9.59 Å². The Balaban J connectivity index is 1.31. The third-order valence-electron chi connectivity index (χ3n) is 6.42. The van der Waals surface area contributed by atoms with Crippen LogP contribution < -0.4 is 5.32 Å². The summed E-state index contributed by atoms with van der Waals surface area (Å²) in [4.78, 5) is 31.8. The monoisotopic (exact) mass is 412 g/mol. The number of hydrogen-bond donors (Lipinski definition) is 1. The van der Waals surface area contributed by atoms with Gasteiger partial charge in [0.05, 0.1) is 17.4 Å². The number of carbonyl (C=O) groups excluding carboxylic acids is 2. The van der Waals surface area contributed by atoms with Crippen molar-refractivity contribution in [2.45, 2.75) is 45.6 Å². The first-order valence-corrected chi connectivity index (χ1v) is 11.2. The first kappa shape index (κ1) is 20.8. The van der Waals surface area contributed by atoms with E-state index in [4.69, 9.17) is 4.74 Å². The molecule has 1 N–H and O–H groups in total. The Bertz CT molecular complexity index is 888. The number of aromatic nitrogens is 2. The number of likely N-dealkylation sites (tertiary alicyclic amines) is 1. The lowest BCUT2D eigenvalue weighted by atomic mass is 9.93. The molecule has 2 saturated heterocycles. The molecule has 30 heavy (non-hydrogen) atoms. The molecule has 162 valence electrons. The minimum absolute atomic E-state index is 0.0373. The predicted molar refractivity (Wildman–Crippen MR) is 115 cm³/mol. The molecule has 3 heterocycles. The first-order chi connectivity index (χ1) is 14.6. The average molecular weight is 413 g/mol. The van der Waals surface area contributed by atoms with E-state index in [2.05, 4.69) is 21.8 Å². The lowest BCUT2D eigenvalue weighted by Crippen LogP contribution is -2.42. The van der Waals surface area contributed by atoms with Gasteiger partial charge in [-0.1, -0.05) is 0 Å². The van der Waals surface area contributed by atoms with Crippen LogP contribution in [0.4, 0.5) is 0 Å². The molecule has 0 bridgehead atoms. The number of amides is 2. The van der Waals surface area contributed by atoms with Crippen LogP contribution in [0.3, 0.4) is 0 Å². The van der Waals surface area contributed by atoms with Crippen molar-refractivity contribution >= 4 is 22.8 Å². The summed E-state index contributed by atoms with van der Waals surface area (Å²) < 4.78 is 7.44. The highest BCUT2D eigenvalue weighted by Crippen LogP contribution is 2.23. The normalized spacial score (nSPS) is 20.4. The van der Waals surface area contributed by atoms with E-state index < -0.39 is 0 Å². The minimum atomic E-state index is 0.0373. The maximum absolute atomic E-state index is 13.1. The number of hydrogen-bond acceptors (Lipinski definition) is 4. The molecule has 0 spiro atoms. The van der Waals surface area contributed by atoms with Crippen molar-refractivity contribution in [3.8, 4) is 0 Å². The Morgan fingerprint density at radius 2 is 2.03 bits per heavy atom. The molecule has 2 aromatic rings. The second-order valence-electron chi connectivity index (χ2n) is 8.56. The number of nitrogens with zero attached hydrogens (tertiary/aromatic N) is 3. The van der Waals surface area contributed by atoms with Gasteiger partial charge in [0.25, 0.3) is 5.91 Å². The van der Waals surface area contributed by atoms with Gasteiger partial charge in [-0.2, -0.15) is 0 Å². The van der Waals surface area contributed by atoms with Gasteiger partial charge in [-0.05, 0) is 62.6 Å². The summed E-state index contributed by atoms with van der Waals surface area (Å²) >= 11 is 0. The fourth-order valence-electron chi connectivity index (χ4n) is 4.59. The van der Waals surface area contributed by atoms with Crippen molar-refractivity contribution in [3.05, 3.63) is 30.1 Å². The van der Waals surface area contributed by atoms with Crippen LogP contribution in [0.1, 0.15) is 49.4 Å². The van der Waals surface area contributed by atoms with Gasteiger partial charge in [-0.25, -0.2) is 4.98 Å². The van der Waals surface area contributed by atoms with Crippen LogP contribution in [-0.2, 0) is 16.1 Å². The van der Waals surface area contributed by atoms with E-state index in [0.29, 0.717) is 24.4 Å². The summed E-state index contributed by atoms with van der Waals surface area (Å²) in [6.07, 6.45) is 6.28. The zero-order chi connectivity index (χ0) is 20.9. The number of aryl methyl sites for hydroxylation is 1. The molecule has 2 amide bonds. The van der Waals surface area contributed by atoms with E-state index >= 15 is 0 Å². The Hall–Kier alpha value is -2.41. The number of ether oxygens (including phenoxy) is 1. The molecule has 2 aliphatic rings. The molecule has 7 nitrogen and oxygen atoms in total. The van der Waals surface area contributed by atoms with Crippen molar-refractivity contribution in [1.82, 2.24) is 19.8 Å². The average Bonchev–Trinajstić information content (AvgIpc) is 3.20. The Morgan fingerprint density at radius 3 is 2.83 bits per heavy atom. The molecule has 1 unspecified atom stereocenters. The Morgan fingerprint density at radius 1 is 1.20 bits per heavy atom. The van der Waals surface area contributed by atoms with Crippen molar-refractivity contribution in [1.29, 1.82) is 0 Å². The van der Waals surface area contributed by atoms with Gasteiger partial charge in [0.15, 0.2) is 0 Å². The molecular weight excluding hydrogens is 380 g/mol. The van der Waals surface area contributed by atoms with Crippen LogP contribution in [0, 0.1) is 11.8 Å². The molecule has 4 rings (SSSR count). The Kier molecular flexibility index (Phi) is 6.67. The van der Waals surface area contributed by atoms with Crippen molar-refractivity contribution < 1.29 is 14.3 Å². The van der Waals surface area contributed by atoms with E-state index in [1.165, 1.54) is 0 Å². The summed E-state index contributed by atoms with van der Waals surface area (Å²) in [7, 11) is 0. The second kappa shape index (κ2) is 9.60. The number of nitrogens with one attached hydrogen (secondary N) is 1. The van der Waals surface area contributed by atoms with E-state index in [9.17, 15) is 9.59 Å². The van der Waals surface area contributed by atoms with Crippen molar-refractivity contribution in [2.24, 2.45) is 11.8 Å². The van der Waals surface area contributed by atoms with Gasteiger partial charge in [0.1, 0.15) is 0 Å². The Labute approximate surface area is 177 Å². The molecule has 0 saturated carbocycles. The zero-order valence-electron chi connectivity index (χ0n) is 17.8. The number of carbonyl (C=O) groups is 2. The van der Waals surface area contributed by atoms with E-state index in [-0.39, 0.29) is 17.7 Å². The van der Waals surface area contributed by atoms with Crippen LogP contribution in [0.15, 0.2) is 24.5 Å². The number of piperidine rings is 1. The zero-order valence-corrected chi connectivity index (χ0v) is 17.8. The molecule has 2 aliphatic heterocycles. The van der Waals surface area contributed by atoms with Crippen molar-refractivity contribution in [3.63, 3.8) is 0 Å². The smallest absolute Gasteiger partial charge is 0.253 e. The molecular formula is C23H32N4O3. The lowest BCUT2D eigenvalue weighted by Gasteiger charge is -2.32. The third-order valence-corrected chi connectivity index (χ3v) is 6.42. The van der Waals surface area contributed by atoms with E-state index in [1.807, 2.05) is 29.4 Å². The SMILES string of the molecule is CCn1cnc2cc(C(=O)N3CCCC(CC(=O)NCC4CCOCC4)C3)ccc21.